The quantitative estimate of drug-likeness (QED) is 0.512. The summed E-state index contributed by atoms with van der Waals surface area (Å²) < 4.78 is 9.39. The standard InChI is InChI=1S/C20H21N5O3S/c1-13-18-15(12-17(26)24(13)7-6-23-8-10-28-11-9-23)22-25(19(18)27)20-21-14-4-2-3-5-16(14)29-20/h2-5,12,26H,6-11H2,1H3. The molecule has 150 valence electrons. The Kier molecular flexibility index (Phi) is 4.57. The minimum absolute atomic E-state index is 0.128. The molecule has 0 spiro atoms. The molecule has 0 bridgehead atoms. The van der Waals surface area contributed by atoms with Crippen molar-refractivity contribution in [1.82, 2.24) is 19.3 Å². The van der Waals surface area contributed by atoms with Gasteiger partial charge in [-0.15, -0.1) is 0 Å². The van der Waals surface area contributed by atoms with Crippen molar-refractivity contribution in [2.75, 3.05) is 32.8 Å². The van der Waals surface area contributed by atoms with Crippen molar-refractivity contribution in [1.29, 1.82) is 0 Å². The highest BCUT2D eigenvalue weighted by molar-refractivity contribution is 7.20. The molecule has 1 saturated heterocycles. The van der Waals surface area contributed by atoms with Crippen molar-refractivity contribution < 1.29 is 14.7 Å². The molecular weight excluding hydrogens is 390 g/mol. The number of rotatable bonds is 4. The number of thiazole rings is 1. The Morgan fingerprint density at radius 3 is 2.86 bits per heavy atom. The molecule has 0 unspecified atom stereocenters. The molecule has 1 aromatic heterocycles. The Morgan fingerprint density at radius 2 is 2.07 bits per heavy atom. The molecule has 2 aromatic rings. The number of aromatic nitrogens is 4. The van der Waals surface area contributed by atoms with Crippen molar-refractivity contribution in [3.63, 3.8) is 0 Å². The number of hydrogen-bond acceptors (Lipinski definition) is 6. The Labute approximate surface area is 170 Å². The topological polar surface area (TPSA) is 89.4 Å². The number of nitrogens with one attached hydrogen (secondary N) is 1. The predicted molar refractivity (Wildman–Crippen MR) is 108 cm³/mol. The molecule has 3 aliphatic rings. The molecule has 8 nitrogen and oxygen atoms in total. The van der Waals surface area contributed by atoms with Gasteiger partial charge < -0.3 is 19.3 Å². The average molecular weight is 411 g/mol. The number of ether oxygens (including phenoxy) is 1. The van der Waals surface area contributed by atoms with Crippen molar-refractivity contribution >= 4 is 21.6 Å². The highest BCUT2D eigenvalue weighted by Gasteiger charge is 2.23. The van der Waals surface area contributed by atoms with Gasteiger partial charge in [0.25, 0.3) is 5.56 Å². The van der Waals surface area contributed by atoms with Gasteiger partial charge in [0.05, 0.1) is 47.8 Å². The first-order valence-electron chi connectivity index (χ1n) is 9.69. The van der Waals surface area contributed by atoms with Crippen LogP contribution < -0.4 is 15.6 Å². The van der Waals surface area contributed by atoms with Gasteiger partial charge >= 0.3 is 0 Å². The van der Waals surface area contributed by atoms with Crippen LogP contribution in [0.4, 0.5) is 0 Å². The fourth-order valence-electron chi connectivity index (χ4n) is 3.89. The highest BCUT2D eigenvalue weighted by Crippen LogP contribution is 2.28. The number of quaternary nitrogens is 1. The van der Waals surface area contributed by atoms with Crippen LogP contribution in [0.15, 0.2) is 35.1 Å². The monoisotopic (exact) mass is 411 g/mol. The fourth-order valence-corrected chi connectivity index (χ4v) is 4.81. The van der Waals surface area contributed by atoms with Gasteiger partial charge in [-0.2, -0.15) is 9.78 Å². The van der Waals surface area contributed by atoms with Gasteiger partial charge in [0, 0.05) is 5.69 Å². The largest absolute Gasteiger partial charge is 0.860 e. The first-order valence-corrected chi connectivity index (χ1v) is 10.5. The van der Waals surface area contributed by atoms with E-state index in [0.29, 0.717) is 28.6 Å². The van der Waals surface area contributed by atoms with Gasteiger partial charge in [-0.1, -0.05) is 23.5 Å². The lowest BCUT2D eigenvalue weighted by atomic mass is 10.1. The maximum absolute atomic E-state index is 13.1. The zero-order valence-electron chi connectivity index (χ0n) is 16.1. The first-order chi connectivity index (χ1) is 14.1. The van der Waals surface area contributed by atoms with Crippen molar-refractivity contribution in [2.24, 2.45) is 0 Å². The third-order valence-corrected chi connectivity index (χ3v) is 6.53. The van der Waals surface area contributed by atoms with Crippen LogP contribution in [0.5, 0.6) is 5.88 Å². The van der Waals surface area contributed by atoms with Gasteiger partial charge in [0.2, 0.25) is 5.13 Å². The molecular formula is C20H21N5O3S. The van der Waals surface area contributed by atoms with Gasteiger partial charge in [0.15, 0.2) is 0 Å². The summed E-state index contributed by atoms with van der Waals surface area (Å²) in [6, 6.07) is 9.19. The highest BCUT2D eigenvalue weighted by atomic mass is 32.1. The molecule has 0 radical (unpaired) electrons. The smallest absolute Gasteiger partial charge is 0.284 e. The lowest BCUT2D eigenvalue weighted by Crippen LogP contribution is -3.14. The van der Waals surface area contributed by atoms with E-state index >= 15 is 0 Å². The Morgan fingerprint density at radius 1 is 1.28 bits per heavy atom. The van der Waals surface area contributed by atoms with E-state index in [1.165, 1.54) is 27.0 Å². The number of para-hydroxylation sites is 1. The van der Waals surface area contributed by atoms with Crippen LogP contribution in [-0.2, 0) is 11.3 Å². The molecule has 3 aliphatic heterocycles. The average Bonchev–Trinajstić information content (AvgIpc) is 3.29. The van der Waals surface area contributed by atoms with E-state index in [1.807, 2.05) is 31.2 Å². The summed E-state index contributed by atoms with van der Waals surface area (Å²) in [6.07, 6.45) is 0. The number of hydrogen-bond donors (Lipinski definition) is 1. The van der Waals surface area contributed by atoms with Crippen LogP contribution in [-0.4, -0.2) is 52.2 Å². The molecule has 0 atom stereocenters. The van der Waals surface area contributed by atoms with E-state index in [0.717, 1.165) is 43.1 Å². The number of morpholine rings is 1. The van der Waals surface area contributed by atoms with E-state index in [-0.39, 0.29) is 11.4 Å². The van der Waals surface area contributed by atoms with Crippen molar-refractivity contribution in [3.8, 4) is 22.3 Å². The summed E-state index contributed by atoms with van der Waals surface area (Å²) in [5.41, 5.74) is 2.17. The van der Waals surface area contributed by atoms with Crippen LogP contribution >= 0.6 is 11.3 Å². The molecule has 29 heavy (non-hydrogen) atoms. The Hall–Kier alpha value is -2.75. The second-order valence-corrected chi connectivity index (χ2v) is 8.28. The molecule has 0 amide bonds. The van der Waals surface area contributed by atoms with Gasteiger partial charge in [-0.25, -0.2) is 4.98 Å². The molecule has 0 saturated carbocycles. The molecule has 4 heterocycles. The van der Waals surface area contributed by atoms with Crippen LogP contribution in [0, 0.1) is 6.92 Å². The molecule has 1 fully saturated rings. The molecule has 1 aromatic carbocycles. The summed E-state index contributed by atoms with van der Waals surface area (Å²) in [4.78, 5) is 19.1. The molecule has 1 N–H and O–H groups in total. The van der Waals surface area contributed by atoms with Gasteiger partial charge in [-0.3, -0.25) is 4.79 Å². The van der Waals surface area contributed by atoms with E-state index in [2.05, 4.69) is 10.1 Å². The summed E-state index contributed by atoms with van der Waals surface area (Å²) in [5, 5.41) is 17.6. The Bertz CT molecular complexity index is 1170. The zero-order chi connectivity index (χ0) is 20.0. The third kappa shape index (κ3) is 3.21. The number of nitrogens with zero attached hydrogens (tertiary/aromatic N) is 4. The van der Waals surface area contributed by atoms with Crippen molar-refractivity contribution in [3.05, 3.63) is 46.4 Å². The third-order valence-electron chi connectivity index (χ3n) is 5.52. The predicted octanol–water partition coefficient (Wildman–Crippen LogP) is 0.0456. The zero-order valence-corrected chi connectivity index (χ0v) is 16.9. The van der Waals surface area contributed by atoms with E-state index in [4.69, 9.17) is 4.74 Å². The minimum atomic E-state index is -0.232. The second kappa shape index (κ2) is 7.25. The summed E-state index contributed by atoms with van der Waals surface area (Å²) in [7, 11) is 0. The number of pyridine rings is 1. The normalized spacial score (nSPS) is 15.5. The summed E-state index contributed by atoms with van der Waals surface area (Å²) in [6.45, 7) is 6.61. The SMILES string of the molecule is Cc1c2c(=O)n(-c3nc4ccccc4s3)nc-2cc([O-])n1CC[NH+]1CCOCC1. The summed E-state index contributed by atoms with van der Waals surface area (Å²) in [5.74, 6) is -0.128. The summed E-state index contributed by atoms with van der Waals surface area (Å²) >= 11 is 1.41. The molecule has 5 rings (SSSR count). The number of fused-ring (bicyclic) bond motifs is 2. The lowest BCUT2D eigenvalue weighted by molar-refractivity contribution is -0.908. The van der Waals surface area contributed by atoms with Crippen LogP contribution in [0.1, 0.15) is 5.69 Å². The van der Waals surface area contributed by atoms with E-state index < -0.39 is 0 Å². The molecule has 0 aliphatic carbocycles. The number of benzene rings is 1. The van der Waals surface area contributed by atoms with Gasteiger partial charge in [0.1, 0.15) is 13.1 Å². The lowest BCUT2D eigenvalue weighted by Gasteiger charge is -2.27. The van der Waals surface area contributed by atoms with E-state index in [9.17, 15) is 9.90 Å². The maximum Gasteiger partial charge on any atom is 0.284 e. The first kappa shape index (κ1) is 18.3. The van der Waals surface area contributed by atoms with Crippen LogP contribution in [0.3, 0.4) is 0 Å². The van der Waals surface area contributed by atoms with Gasteiger partial charge in [-0.05, 0) is 31.0 Å². The maximum atomic E-state index is 13.1. The Balaban J connectivity index is 1.54. The van der Waals surface area contributed by atoms with Crippen molar-refractivity contribution in [2.45, 2.75) is 13.5 Å². The molecule has 9 heteroatoms. The minimum Gasteiger partial charge on any atom is -0.860 e. The van der Waals surface area contributed by atoms with Crippen LogP contribution in [0.2, 0.25) is 0 Å². The van der Waals surface area contributed by atoms with Crippen LogP contribution in [0.25, 0.3) is 26.6 Å². The fraction of sp³-hybridized carbons (Fsp3) is 0.350. The van der Waals surface area contributed by atoms with E-state index in [1.54, 1.807) is 4.57 Å². The second-order valence-electron chi connectivity index (χ2n) is 7.27.